The number of hydrogen-bond acceptors (Lipinski definition) is 3. The Kier molecular flexibility index (Phi) is 4.88. The van der Waals surface area contributed by atoms with Crippen LogP contribution < -0.4 is 0 Å². The van der Waals surface area contributed by atoms with E-state index in [1.807, 2.05) is 34.0 Å². The van der Waals surface area contributed by atoms with Crippen molar-refractivity contribution in [3.8, 4) is 5.69 Å². The third kappa shape index (κ3) is 3.51. The Balaban J connectivity index is 1.89. The fraction of sp³-hybridized carbons (Fsp3) is 0.316. The number of aryl methyl sites for hydroxylation is 1. The summed E-state index contributed by atoms with van der Waals surface area (Å²) in [6, 6.07) is 6.05. The number of rotatable bonds is 5. The van der Waals surface area contributed by atoms with Crippen molar-refractivity contribution in [2.75, 3.05) is 0 Å². The molecule has 6 nitrogen and oxygen atoms in total. The molecule has 0 atom stereocenters. The van der Waals surface area contributed by atoms with Crippen LogP contribution in [0.2, 0.25) is 0 Å². The van der Waals surface area contributed by atoms with Crippen molar-refractivity contribution in [1.82, 2.24) is 24.5 Å². The van der Waals surface area contributed by atoms with Crippen LogP contribution >= 0.6 is 0 Å². The molecule has 0 aliphatic rings. The van der Waals surface area contributed by atoms with Crippen molar-refractivity contribution in [2.24, 2.45) is 7.05 Å². The van der Waals surface area contributed by atoms with E-state index >= 15 is 0 Å². The van der Waals surface area contributed by atoms with Gasteiger partial charge in [-0.3, -0.25) is 9.48 Å². The zero-order valence-corrected chi connectivity index (χ0v) is 15.3. The first-order valence-corrected chi connectivity index (χ1v) is 8.46. The van der Waals surface area contributed by atoms with Gasteiger partial charge in [0.1, 0.15) is 5.82 Å². The number of benzene rings is 1. The predicted octanol–water partition coefficient (Wildman–Crippen LogP) is 3.10. The first-order valence-electron chi connectivity index (χ1n) is 8.46. The molecule has 0 fully saturated rings. The van der Waals surface area contributed by atoms with Crippen LogP contribution in [0.15, 0.2) is 42.9 Å². The molecule has 26 heavy (non-hydrogen) atoms. The van der Waals surface area contributed by atoms with Gasteiger partial charge in [0.15, 0.2) is 0 Å². The first kappa shape index (κ1) is 17.8. The molecule has 3 rings (SSSR count). The van der Waals surface area contributed by atoms with Crippen LogP contribution in [0, 0.1) is 12.7 Å². The quantitative estimate of drug-likeness (QED) is 0.707. The van der Waals surface area contributed by atoms with E-state index in [0.717, 1.165) is 11.3 Å². The average molecular weight is 355 g/mol. The van der Waals surface area contributed by atoms with Gasteiger partial charge in [0.2, 0.25) is 0 Å². The Hall–Kier alpha value is -2.96. The lowest BCUT2D eigenvalue weighted by Gasteiger charge is -2.26. The highest BCUT2D eigenvalue weighted by Gasteiger charge is 2.24. The second-order valence-electron chi connectivity index (χ2n) is 6.58. The third-order valence-electron chi connectivity index (χ3n) is 4.31. The number of carbonyl (C=O) groups excluding carboxylic acids is 1. The highest BCUT2D eigenvalue weighted by molar-refractivity contribution is 5.95. The maximum absolute atomic E-state index is 13.1. The van der Waals surface area contributed by atoms with Gasteiger partial charge in [-0.2, -0.15) is 10.2 Å². The van der Waals surface area contributed by atoms with E-state index in [2.05, 4.69) is 10.2 Å². The molecule has 7 heteroatoms. The highest BCUT2D eigenvalue weighted by atomic mass is 19.1. The van der Waals surface area contributed by atoms with Gasteiger partial charge in [-0.1, -0.05) is 0 Å². The normalized spacial score (nSPS) is 11.2. The fourth-order valence-corrected chi connectivity index (χ4v) is 2.86. The molecule has 136 valence electrons. The summed E-state index contributed by atoms with van der Waals surface area (Å²) in [6.45, 7) is 6.28. The van der Waals surface area contributed by atoms with Gasteiger partial charge < -0.3 is 4.90 Å². The van der Waals surface area contributed by atoms with Crippen LogP contribution in [0.25, 0.3) is 5.69 Å². The summed E-state index contributed by atoms with van der Waals surface area (Å²) in [5.74, 6) is -0.396. The summed E-state index contributed by atoms with van der Waals surface area (Å²) in [4.78, 5) is 14.9. The van der Waals surface area contributed by atoms with Gasteiger partial charge in [0, 0.05) is 31.4 Å². The van der Waals surface area contributed by atoms with Crippen LogP contribution in [-0.2, 0) is 13.6 Å². The van der Waals surface area contributed by atoms with Crippen LogP contribution in [0.1, 0.15) is 35.5 Å². The van der Waals surface area contributed by atoms with E-state index in [1.54, 1.807) is 38.8 Å². The van der Waals surface area contributed by atoms with Gasteiger partial charge >= 0.3 is 0 Å². The molecule has 1 amide bonds. The Morgan fingerprint density at radius 2 is 1.88 bits per heavy atom. The van der Waals surface area contributed by atoms with Crippen LogP contribution in [0.4, 0.5) is 4.39 Å². The maximum Gasteiger partial charge on any atom is 0.257 e. The smallest absolute Gasteiger partial charge is 0.257 e. The summed E-state index contributed by atoms with van der Waals surface area (Å²) in [6.07, 6.45) is 5.23. The Morgan fingerprint density at radius 1 is 1.19 bits per heavy atom. The molecule has 0 spiro atoms. The SMILES string of the molecule is Cc1c(C(=O)N(Cc2cnn(C)c2)C(C)C)cnn1-c1ccc(F)cc1. The number of hydrogen-bond donors (Lipinski definition) is 0. The van der Waals surface area contributed by atoms with E-state index in [0.29, 0.717) is 17.8 Å². The predicted molar refractivity (Wildman–Crippen MR) is 96.5 cm³/mol. The third-order valence-corrected chi connectivity index (χ3v) is 4.31. The van der Waals surface area contributed by atoms with Crippen LogP contribution in [0.3, 0.4) is 0 Å². The van der Waals surface area contributed by atoms with Crippen molar-refractivity contribution in [1.29, 1.82) is 0 Å². The minimum atomic E-state index is -0.308. The molecule has 0 bridgehead atoms. The monoisotopic (exact) mass is 355 g/mol. The highest BCUT2D eigenvalue weighted by Crippen LogP contribution is 2.19. The Labute approximate surface area is 151 Å². The summed E-state index contributed by atoms with van der Waals surface area (Å²) >= 11 is 0. The van der Waals surface area contributed by atoms with Crippen molar-refractivity contribution in [3.63, 3.8) is 0 Å². The summed E-state index contributed by atoms with van der Waals surface area (Å²) in [5.41, 5.74) is 2.94. The van der Waals surface area contributed by atoms with Crippen molar-refractivity contribution >= 4 is 5.91 Å². The topological polar surface area (TPSA) is 56.0 Å². The minimum Gasteiger partial charge on any atom is -0.332 e. The van der Waals surface area contributed by atoms with E-state index in [-0.39, 0.29) is 17.8 Å². The summed E-state index contributed by atoms with van der Waals surface area (Å²) in [5, 5.41) is 8.48. The lowest BCUT2D eigenvalue weighted by Crippen LogP contribution is -2.36. The lowest BCUT2D eigenvalue weighted by atomic mass is 10.1. The minimum absolute atomic E-state index is 0.0243. The molecule has 0 aliphatic carbocycles. The van der Waals surface area contributed by atoms with Gasteiger partial charge in [0.05, 0.1) is 29.3 Å². The van der Waals surface area contributed by atoms with Crippen molar-refractivity contribution in [3.05, 3.63) is 65.5 Å². The van der Waals surface area contributed by atoms with Gasteiger partial charge in [0.25, 0.3) is 5.91 Å². The first-order chi connectivity index (χ1) is 12.4. The van der Waals surface area contributed by atoms with Gasteiger partial charge in [-0.15, -0.1) is 0 Å². The Bertz CT molecular complexity index is 910. The van der Waals surface area contributed by atoms with Crippen molar-refractivity contribution in [2.45, 2.75) is 33.4 Å². The molecule has 0 saturated carbocycles. The maximum atomic E-state index is 13.1. The second kappa shape index (κ2) is 7.11. The number of aromatic nitrogens is 4. The average Bonchev–Trinajstić information content (AvgIpc) is 3.18. The van der Waals surface area contributed by atoms with Crippen LogP contribution in [-0.4, -0.2) is 36.4 Å². The summed E-state index contributed by atoms with van der Waals surface area (Å²) in [7, 11) is 1.85. The number of amides is 1. The molecular weight excluding hydrogens is 333 g/mol. The molecule has 3 aromatic rings. The molecule has 0 unspecified atom stereocenters. The molecule has 0 radical (unpaired) electrons. The van der Waals surface area contributed by atoms with E-state index in [1.165, 1.54) is 12.1 Å². The summed E-state index contributed by atoms with van der Waals surface area (Å²) < 4.78 is 16.5. The molecule has 0 saturated heterocycles. The largest absolute Gasteiger partial charge is 0.332 e. The fourth-order valence-electron chi connectivity index (χ4n) is 2.86. The van der Waals surface area contributed by atoms with Gasteiger partial charge in [-0.05, 0) is 45.0 Å². The van der Waals surface area contributed by atoms with Crippen molar-refractivity contribution < 1.29 is 9.18 Å². The number of halogens is 1. The Morgan fingerprint density at radius 3 is 2.46 bits per heavy atom. The number of carbonyl (C=O) groups is 1. The zero-order valence-electron chi connectivity index (χ0n) is 15.3. The standard InChI is InChI=1S/C19H22FN5O/c1-13(2)24(12-15-9-21-23(4)11-15)19(26)18-10-22-25(14(18)3)17-7-5-16(20)6-8-17/h5-11,13H,12H2,1-4H3. The number of nitrogens with zero attached hydrogens (tertiary/aromatic N) is 5. The van der Waals surface area contributed by atoms with E-state index in [4.69, 9.17) is 0 Å². The molecule has 0 aliphatic heterocycles. The molecule has 1 aromatic carbocycles. The second-order valence-corrected chi connectivity index (χ2v) is 6.58. The van der Waals surface area contributed by atoms with Crippen LogP contribution in [0.5, 0.6) is 0 Å². The molecule has 0 N–H and O–H groups in total. The molecule has 2 aromatic heterocycles. The van der Waals surface area contributed by atoms with Gasteiger partial charge in [-0.25, -0.2) is 9.07 Å². The van der Waals surface area contributed by atoms with E-state index < -0.39 is 0 Å². The van der Waals surface area contributed by atoms with E-state index in [9.17, 15) is 9.18 Å². The molecule has 2 heterocycles. The lowest BCUT2D eigenvalue weighted by molar-refractivity contribution is 0.0689. The molecular formula is C19H22FN5O. The zero-order chi connectivity index (χ0) is 18.8.